The molecule has 2 aromatic rings. The molecule has 0 aliphatic heterocycles. The number of aliphatic hydroxyl groups is 1. The smallest absolute Gasteiger partial charge is 0.198 e. The van der Waals surface area contributed by atoms with Gasteiger partial charge in [-0.1, -0.05) is 25.6 Å². The molecule has 0 bridgehead atoms. The minimum Gasteiger partial charge on any atom is -0.507 e. The number of phenols is 1. The van der Waals surface area contributed by atoms with Crippen LogP contribution in [-0.4, -0.2) is 35.5 Å². The van der Waals surface area contributed by atoms with Crippen molar-refractivity contribution < 1.29 is 24.5 Å². The topological polar surface area (TPSA) is 83.8 Å². The molecule has 0 saturated carbocycles. The van der Waals surface area contributed by atoms with Gasteiger partial charge in [0.2, 0.25) is 0 Å². The van der Waals surface area contributed by atoms with Gasteiger partial charge < -0.3 is 14.9 Å². The first-order valence-electron chi connectivity index (χ1n) is 9.74. The third kappa shape index (κ3) is 2.64. The van der Waals surface area contributed by atoms with E-state index in [4.69, 9.17) is 4.74 Å². The van der Waals surface area contributed by atoms with Gasteiger partial charge in [-0.3, -0.25) is 9.59 Å². The van der Waals surface area contributed by atoms with Gasteiger partial charge in [0, 0.05) is 17.0 Å². The zero-order valence-electron chi connectivity index (χ0n) is 16.8. The van der Waals surface area contributed by atoms with Gasteiger partial charge in [0.15, 0.2) is 11.6 Å². The quantitative estimate of drug-likeness (QED) is 0.712. The zero-order chi connectivity index (χ0) is 21.0. The van der Waals surface area contributed by atoms with E-state index < -0.39 is 6.61 Å². The number of carbonyl (C=O) groups excluding carboxylic acids is 2. The SMILES string of the molecule is C=C1c2c(OC)cccc2C(=O)c2c(O)c3c(c(C)c21)[C@@H](C)CC(C(=O)CO)C3. The third-order valence-corrected chi connectivity index (χ3v) is 6.39. The monoisotopic (exact) mass is 392 g/mol. The van der Waals surface area contributed by atoms with Gasteiger partial charge in [-0.15, -0.1) is 0 Å². The Morgan fingerprint density at radius 2 is 2.00 bits per heavy atom. The van der Waals surface area contributed by atoms with Crippen molar-refractivity contribution in [3.8, 4) is 11.5 Å². The van der Waals surface area contributed by atoms with Crippen molar-refractivity contribution in [1.29, 1.82) is 0 Å². The lowest BCUT2D eigenvalue weighted by atomic mass is 9.69. The van der Waals surface area contributed by atoms with E-state index in [0.717, 1.165) is 11.1 Å². The molecule has 0 amide bonds. The van der Waals surface area contributed by atoms with Gasteiger partial charge in [0.1, 0.15) is 18.1 Å². The lowest BCUT2D eigenvalue weighted by Crippen LogP contribution is -2.29. The Labute approximate surface area is 169 Å². The molecule has 0 fully saturated rings. The van der Waals surface area contributed by atoms with Crippen molar-refractivity contribution in [2.24, 2.45) is 5.92 Å². The zero-order valence-corrected chi connectivity index (χ0v) is 16.8. The van der Waals surface area contributed by atoms with Crippen molar-refractivity contribution in [3.63, 3.8) is 0 Å². The highest BCUT2D eigenvalue weighted by molar-refractivity contribution is 6.21. The van der Waals surface area contributed by atoms with E-state index in [0.29, 0.717) is 46.4 Å². The highest BCUT2D eigenvalue weighted by atomic mass is 16.5. The number of Topliss-reactive ketones (excluding diaryl/α,β-unsaturated/α-hetero) is 1. The summed E-state index contributed by atoms with van der Waals surface area (Å²) in [7, 11) is 1.56. The average Bonchev–Trinajstić information content (AvgIpc) is 2.72. The standard InChI is InChI=1S/C24H24O5/c1-11-8-14(17(26)10-25)9-16-19(11)12(2)20-13(3)21-15(6-5-7-18(21)29-4)23(27)22(20)24(16)28/h5-7,11,14,25,28H,3,8-10H2,1-2,4H3/t11-,14?/m0/s1. The summed E-state index contributed by atoms with van der Waals surface area (Å²) in [5.74, 6) is -0.346. The molecule has 4 rings (SSSR count). The molecular formula is C24H24O5. The predicted molar refractivity (Wildman–Crippen MR) is 110 cm³/mol. The second kappa shape index (κ2) is 6.85. The lowest BCUT2D eigenvalue weighted by molar-refractivity contribution is -0.126. The largest absolute Gasteiger partial charge is 0.507 e. The maximum atomic E-state index is 13.4. The molecule has 0 aromatic heterocycles. The molecule has 5 nitrogen and oxygen atoms in total. The van der Waals surface area contributed by atoms with Crippen LogP contribution in [0.25, 0.3) is 5.57 Å². The summed E-state index contributed by atoms with van der Waals surface area (Å²) >= 11 is 0. The van der Waals surface area contributed by atoms with E-state index in [9.17, 15) is 19.8 Å². The van der Waals surface area contributed by atoms with Crippen molar-refractivity contribution in [2.45, 2.75) is 32.6 Å². The van der Waals surface area contributed by atoms with E-state index in [1.807, 2.05) is 13.8 Å². The van der Waals surface area contributed by atoms with Crippen molar-refractivity contribution in [2.75, 3.05) is 13.7 Å². The molecule has 0 radical (unpaired) electrons. The number of fused-ring (bicyclic) bond motifs is 3. The Bertz CT molecular complexity index is 1080. The van der Waals surface area contributed by atoms with Crippen molar-refractivity contribution in [1.82, 2.24) is 0 Å². The molecule has 29 heavy (non-hydrogen) atoms. The van der Waals surface area contributed by atoms with Crippen LogP contribution in [0.1, 0.15) is 63.0 Å². The summed E-state index contributed by atoms with van der Waals surface area (Å²) in [5.41, 5.74) is 5.18. The number of aromatic hydroxyl groups is 1. The first kappa shape index (κ1) is 19.4. The Balaban J connectivity index is 1.98. The van der Waals surface area contributed by atoms with Crippen LogP contribution in [0.4, 0.5) is 0 Å². The molecule has 0 heterocycles. The molecule has 1 unspecified atom stereocenters. The van der Waals surface area contributed by atoms with Crippen LogP contribution >= 0.6 is 0 Å². The third-order valence-electron chi connectivity index (χ3n) is 6.39. The van der Waals surface area contributed by atoms with Crippen LogP contribution in [0.15, 0.2) is 24.8 Å². The van der Waals surface area contributed by atoms with Gasteiger partial charge in [0.25, 0.3) is 0 Å². The molecule has 2 aromatic carbocycles. The van der Waals surface area contributed by atoms with Crippen LogP contribution in [0.3, 0.4) is 0 Å². The Morgan fingerprint density at radius 1 is 1.28 bits per heavy atom. The predicted octanol–water partition coefficient (Wildman–Crippen LogP) is 3.54. The molecule has 0 spiro atoms. The van der Waals surface area contributed by atoms with E-state index >= 15 is 0 Å². The number of phenolic OH excluding ortho intramolecular Hbond substituents is 1. The molecule has 2 N–H and O–H groups in total. The Morgan fingerprint density at radius 3 is 2.66 bits per heavy atom. The maximum Gasteiger partial charge on any atom is 0.198 e. The second-order valence-electron chi connectivity index (χ2n) is 7.97. The number of carbonyl (C=O) groups is 2. The molecular weight excluding hydrogens is 368 g/mol. The van der Waals surface area contributed by atoms with Gasteiger partial charge in [-0.25, -0.2) is 0 Å². The molecule has 2 aliphatic carbocycles. The van der Waals surface area contributed by atoms with Crippen molar-refractivity contribution in [3.05, 3.63) is 63.7 Å². The molecule has 2 atom stereocenters. The van der Waals surface area contributed by atoms with Crippen LogP contribution in [-0.2, 0) is 11.2 Å². The maximum absolute atomic E-state index is 13.4. The van der Waals surface area contributed by atoms with E-state index in [1.54, 1.807) is 25.3 Å². The second-order valence-corrected chi connectivity index (χ2v) is 7.97. The number of hydrogen-bond acceptors (Lipinski definition) is 5. The number of methoxy groups -OCH3 is 1. The van der Waals surface area contributed by atoms with Crippen LogP contribution in [0.2, 0.25) is 0 Å². The fourth-order valence-corrected chi connectivity index (χ4v) is 5.13. The first-order valence-corrected chi connectivity index (χ1v) is 9.74. The number of rotatable bonds is 3. The van der Waals surface area contributed by atoms with E-state index in [1.165, 1.54) is 0 Å². The van der Waals surface area contributed by atoms with Crippen LogP contribution in [0, 0.1) is 12.8 Å². The van der Waals surface area contributed by atoms with Crippen molar-refractivity contribution >= 4 is 17.1 Å². The number of aliphatic hydroxyl groups excluding tert-OH is 1. The summed E-state index contributed by atoms with van der Waals surface area (Å²) in [4.78, 5) is 25.5. The summed E-state index contributed by atoms with van der Waals surface area (Å²) in [6.45, 7) is 7.68. The number of hydrogen-bond donors (Lipinski definition) is 2. The van der Waals surface area contributed by atoms with Crippen LogP contribution < -0.4 is 4.74 Å². The fraction of sp³-hybridized carbons (Fsp3) is 0.333. The minimum atomic E-state index is -0.514. The van der Waals surface area contributed by atoms with E-state index in [-0.39, 0.29) is 34.7 Å². The average molecular weight is 392 g/mol. The highest BCUT2D eigenvalue weighted by Crippen LogP contribution is 2.50. The van der Waals surface area contributed by atoms with Gasteiger partial charge >= 0.3 is 0 Å². The summed E-state index contributed by atoms with van der Waals surface area (Å²) in [6, 6.07) is 5.25. The Hall–Kier alpha value is -2.92. The number of benzene rings is 2. The normalized spacial score (nSPS) is 20.0. The Kier molecular flexibility index (Phi) is 4.58. The molecule has 2 aliphatic rings. The summed E-state index contributed by atoms with van der Waals surface area (Å²) in [6.07, 6.45) is 0.926. The highest BCUT2D eigenvalue weighted by Gasteiger charge is 2.39. The van der Waals surface area contributed by atoms with Gasteiger partial charge in [-0.05, 0) is 59.6 Å². The first-order chi connectivity index (χ1) is 13.8. The van der Waals surface area contributed by atoms with Gasteiger partial charge in [-0.2, -0.15) is 0 Å². The molecule has 0 saturated heterocycles. The number of ether oxygens (including phenoxy) is 1. The van der Waals surface area contributed by atoms with E-state index in [2.05, 4.69) is 6.58 Å². The van der Waals surface area contributed by atoms with Gasteiger partial charge in [0.05, 0.1) is 12.7 Å². The lowest BCUT2D eigenvalue weighted by Gasteiger charge is -2.34. The number of ketones is 2. The summed E-state index contributed by atoms with van der Waals surface area (Å²) < 4.78 is 5.47. The fourth-order valence-electron chi connectivity index (χ4n) is 5.13. The minimum absolute atomic E-state index is 0.0115. The summed E-state index contributed by atoms with van der Waals surface area (Å²) in [5, 5.41) is 20.5. The molecule has 5 heteroatoms. The molecule has 150 valence electrons. The van der Waals surface area contributed by atoms with Crippen LogP contribution in [0.5, 0.6) is 11.5 Å².